The van der Waals surface area contributed by atoms with Crippen molar-refractivity contribution in [1.82, 2.24) is 10.6 Å². The van der Waals surface area contributed by atoms with Crippen LogP contribution in [0.4, 0.5) is 0 Å². The first-order valence-electron chi connectivity index (χ1n) is 6.94. The molecule has 0 unspecified atom stereocenters. The Balaban J connectivity index is 1.59. The molecule has 5 heteroatoms. The molecule has 106 valence electrons. The van der Waals surface area contributed by atoms with E-state index in [2.05, 4.69) is 10.6 Å². The fourth-order valence-corrected chi connectivity index (χ4v) is 2.42. The number of carbonyl (C=O) groups excluding carboxylic acids is 2. The second-order valence-corrected chi connectivity index (χ2v) is 6.01. The molecule has 0 atom stereocenters. The maximum atomic E-state index is 12.2. The van der Waals surface area contributed by atoms with Crippen molar-refractivity contribution >= 4 is 23.4 Å². The van der Waals surface area contributed by atoms with Gasteiger partial charge in [0.15, 0.2) is 0 Å². The van der Waals surface area contributed by atoms with Crippen LogP contribution < -0.4 is 10.6 Å². The van der Waals surface area contributed by atoms with E-state index in [1.807, 2.05) is 18.2 Å². The molecule has 0 heterocycles. The van der Waals surface area contributed by atoms with Crippen molar-refractivity contribution in [2.75, 3.05) is 0 Å². The molecule has 0 saturated heterocycles. The van der Waals surface area contributed by atoms with Crippen molar-refractivity contribution in [2.45, 2.75) is 38.3 Å². The molecule has 0 radical (unpaired) electrons. The first kappa shape index (κ1) is 13.4. The van der Waals surface area contributed by atoms with Gasteiger partial charge < -0.3 is 10.6 Å². The van der Waals surface area contributed by atoms with E-state index in [-0.39, 0.29) is 17.9 Å². The van der Waals surface area contributed by atoms with Gasteiger partial charge in [0.05, 0.1) is 0 Å². The number of carbonyl (C=O) groups is 2. The normalized spacial score (nSPS) is 19.2. The third-order valence-corrected chi connectivity index (χ3v) is 4.30. The zero-order valence-corrected chi connectivity index (χ0v) is 11.9. The summed E-state index contributed by atoms with van der Waals surface area (Å²) >= 11 is 6.05. The Morgan fingerprint density at radius 1 is 1.20 bits per heavy atom. The average Bonchev–Trinajstić information content (AvgIpc) is 3.31. The number of benzene rings is 1. The van der Waals surface area contributed by atoms with Crippen LogP contribution in [0.3, 0.4) is 0 Å². The van der Waals surface area contributed by atoms with Gasteiger partial charge in [-0.05, 0) is 37.3 Å². The van der Waals surface area contributed by atoms with Crippen LogP contribution in [-0.2, 0) is 16.1 Å². The molecule has 1 aromatic rings. The van der Waals surface area contributed by atoms with Gasteiger partial charge in [-0.1, -0.05) is 29.8 Å². The van der Waals surface area contributed by atoms with E-state index in [0.717, 1.165) is 18.4 Å². The molecule has 1 aromatic carbocycles. The minimum Gasteiger partial charge on any atom is -0.352 e. The molecule has 0 spiro atoms. The van der Waals surface area contributed by atoms with Crippen molar-refractivity contribution in [2.24, 2.45) is 5.41 Å². The summed E-state index contributed by atoms with van der Waals surface area (Å²) in [5.74, 6) is -0.299. The molecule has 2 amide bonds. The molecule has 0 aliphatic heterocycles. The first-order chi connectivity index (χ1) is 9.62. The number of halogens is 1. The van der Waals surface area contributed by atoms with Gasteiger partial charge in [0.2, 0.25) is 11.8 Å². The second kappa shape index (κ2) is 5.09. The maximum Gasteiger partial charge on any atom is 0.235 e. The second-order valence-electron chi connectivity index (χ2n) is 5.60. The SMILES string of the molecule is O=C(NCc1ccccc1Cl)C1(C(=O)NC2CC2)CC1. The Kier molecular flexibility index (Phi) is 3.42. The van der Waals surface area contributed by atoms with Crippen molar-refractivity contribution in [1.29, 1.82) is 0 Å². The molecule has 2 saturated carbocycles. The highest BCUT2D eigenvalue weighted by molar-refractivity contribution is 6.31. The fourth-order valence-electron chi connectivity index (χ4n) is 2.22. The van der Waals surface area contributed by atoms with Gasteiger partial charge in [-0.25, -0.2) is 0 Å². The Labute approximate surface area is 122 Å². The van der Waals surface area contributed by atoms with Crippen molar-refractivity contribution in [3.05, 3.63) is 34.9 Å². The summed E-state index contributed by atoms with van der Waals surface area (Å²) in [6, 6.07) is 7.66. The highest BCUT2D eigenvalue weighted by atomic mass is 35.5. The third kappa shape index (κ3) is 2.66. The lowest BCUT2D eigenvalue weighted by Crippen LogP contribution is -2.43. The minimum atomic E-state index is -0.830. The highest BCUT2D eigenvalue weighted by Gasteiger charge is 2.57. The molecule has 2 fully saturated rings. The largest absolute Gasteiger partial charge is 0.352 e. The number of nitrogens with one attached hydrogen (secondary N) is 2. The van der Waals surface area contributed by atoms with E-state index in [0.29, 0.717) is 24.4 Å². The minimum absolute atomic E-state index is 0.114. The van der Waals surface area contributed by atoms with Gasteiger partial charge in [-0.3, -0.25) is 9.59 Å². The van der Waals surface area contributed by atoms with Gasteiger partial charge in [0, 0.05) is 17.6 Å². The Morgan fingerprint density at radius 3 is 2.50 bits per heavy atom. The van der Waals surface area contributed by atoms with E-state index in [4.69, 9.17) is 11.6 Å². The van der Waals surface area contributed by atoms with Gasteiger partial charge in [0.1, 0.15) is 5.41 Å². The van der Waals surface area contributed by atoms with Gasteiger partial charge in [-0.2, -0.15) is 0 Å². The van der Waals surface area contributed by atoms with E-state index in [9.17, 15) is 9.59 Å². The van der Waals surface area contributed by atoms with Crippen LogP contribution in [-0.4, -0.2) is 17.9 Å². The first-order valence-corrected chi connectivity index (χ1v) is 7.32. The molecule has 2 aliphatic carbocycles. The summed E-state index contributed by atoms with van der Waals surface area (Å²) in [4.78, 5) is 24.3. The van der Waals surface area contributed by atoms with Gasteiger partial charge in [0.25, 0.3) is 0 Å². The summed E-state index contributed by atoms with van der Waals surface area (Å²) in [6.45, 7) is 0.358. The lowest BCUT2D eigenvalue weighted by Gasteiger charge is -2.15. The van der Waals surface area contributed by atoms with Crippen molar-refractivity contribution in [3.63, 3.8) is 0 Å². The molecule has 0 bridgehead atoms. The summed E-state index contributed by atoms with van der Waals surface area (Å²) < 4.78 is 0. The standard InChI is InChI=1S/C15H17ClN2O2/c16-12-4-2-1-3-10(12)9-17-13(19)15(7-8-15)14(20)18-11-5-6-11/h1-4,11H,5-9H2,(H,17,19)(H,18,20). The Morgan fingerprint density at radius 2 is 1.90 bits per heavy atom. The van der Waals surface area contributed by atoms with Crippen LogP contribution in [0, 0.1) is 5.41 Å². The van der Waals surface area contributed by atoms with Crippen LogP contribution in [0.2, 0.25) is 5.02 Å². The van der Waals surface area contributed by atoms with E-state index >= 15 is 0 Å². The number of hydrogen-bond donors (Lipinski definition) is 2. The monoisotopic (exact) mass is 292 g/mol. The number of amides is 2. The zero-order valence-electron chi connectivity index (χ0n) is 11.1. The van der Waals surface area contributed by atoms with Crippen molar-refractivity contribution < 1.29 is 9.59 Å². The predicted octanol–water partition coefficient (Wildman–Crippen LogP) is 2.01. The van der Waals surface area contributed by atoms with Crippen LogP contribution in [0.25, 0.3) is 0 Å². The van der Waals surface area contributed by atoms with Crippen molar-refractivity contribution in [3.8, 4) is 0 Å². The molecule has 3 rings (SSSR count). The predicted molar refractivity (Wildman–Crippen MR) is 76.1 cm³/mol. The average molecular weight is 293 g/mol. The quantitative estimate of drug-likeness (QED) is 0.816. The molecule has 2 N–H and O–H groups in total. The van der Waals surface area contributed by atoms with E-state index in [1.165, 1.54) is 0 Å². The Bertz CT molecular complexity index is 551. The summed E-state index contributed by atoms with van der Waals surface area (Å²) in [7, 11) is 0. The summed E-state index contributed by atoms with van der Waals surface area (Å²) in [6.07, 6.45) is 3.34. The molecule has 0 aromatic heterocycles. The topological polar surface area (TPSA) is 58.2 Å². The molecular formula is C15H17ClN2O2. The van der Waals surface area contributed by atoms with Crippen LogP contribution in [0.5, 0.6) is 0 Å². The number of rotatable bonds is 5. The zero-order chi connectivity index (χ0) is 14.2. The van der Waals surface area contributed by atoms with Crippen LogP contribution >= 0.6 is 11.6 Å². The van der Waals surface area contributed by atoms with E-state index < -0.39 is 5.41 Å². The molecule has 2 aliphatic rings. The smallest absolute Gasteiger partial charge is 0.235 e. The lowest BCUT2D eigenvalue weighted by atomic mass is 10.0. The molecule has 20 heavy (non-hydrogen) atoms. The molecule has 4 nitrogen and oxygen atoms in total. The van der Waals surface area contributed by atoms with Crippen LogP contribution in [0.15, 0.2) is 24.3 Å². The van der Waals surface area contributed by atoms with Gasteiger partial charge in [-0.15, -0.1) is 0 Å². The van der Waals surface area contributed by atoms with E-state index in [1.54, 1.807) is 6.07 Å². The fraction of sp³-hybridized carbons (Fsp3) is 0.467. The summed E-state index contributed by atoms with van der Waals surface area (Å²) in [5, 5.41) is 6.38. The number of hydrogen-bond acceptors (Lipinski definition) is 2. The van der Waals surface area contributed by atoms with Gasteiger partial charge >= 0.3 is 0 Å². The maximum absolute atomic E-state index is 12.2. The third-order valence-electron chi connectivity index (χ3n) is 3.93. The summed E-state index contributed by atoms with van der Waals surface area (Å²) in [5.41, 5.74) is 0.0324. The highest BCUT2D eigenvalue weighted by Crippen LogP contribution is 2.46. The molecular weight excluding hydrogens is 276 g/mol. The van der Waals surface area contributed by atoms with Crippen LogP contribution in [0.1, 0.15) is 31.2 Å². The Hall–Kier alpha value is -1.55. The lowest BCUT2D eigenvalue weighted by molar-refractivity contribution is -0.137.